The van der Waals surface area contributed by atoms with Crippen LogP contribution in [0.3, 0.4) is 0 Å². The first kappa shape index (κ1) is 14.7. The first-order chi connectivity index (χ1) is 11.2. The number of rotatable bonds is 4. The monoisotopic (exact) mass is 305 g/mol. The number of aryl methyl sites for hydroxylation is 1. The summed E-state index contributed by atoms with van der Waals surface area (Å²) in [6, 6.07) is 18.3. The van der Waals surface area contributed by atoms with Gasteiger partial charge in [0.05, 0.1) is 0 Å². The largest absolute Gasteiger partial charge is 0.457 e. The Bertz CT molecular complexity index is 802. The number of ether oxygens (including phenoxy) is 1. The number of amides is 1. The third kappa shape index (κ3) is 3.91. The normalized spacial score (nSPS) is 10.1. The van der Waals surface area contributed by atoms with Crippen LogP contribution in [0.2, 0.25) is 0 Å². The topological polar surface area (TPSA) is 64.1 Å². The summed E-state index contributed by atoms with van der Waals surface area (Å²) in [5.74, 6) is 1.75. The number of benzene rings is 2. The van der Waals surface area contributed by atoms with E-state index in [4.69, 9.17) is 4.74 Å². The predicted octanol–water partition coefficient (Wildman–Crippen LogP) is 3.83. The van der Waals surface area contributed by atoms with Crippen molar-refractivity contribution in [3.63, 3.8) is 0 Å². The summed E-state index contributed by atoms with van der Waals surface area (Å²) in [7, 11) is 0. The molecule has 3 rings (SSSR count). The zero-order valence-corrected chi connectivity index (χ0v) is 12.6. The summed E-state index contributed by atoms with van der Waals surface area (Å²) in [4.78, 5) is 20.2. The van der Waals surface area contributed by atoms with Gasteiger partial charge in [-0.15, -0.1) is 0 Å². The number of carbonyl (C=O) groups is 1. The molecule has 1 amide bonds. The Morgan fingerprint density at radius 2 is 1.65 bits per heavy atom. The van der Waals surface area contributed by atoms with Crippen molar-refractivity contribution in [3.05, 3.63) is 78.4 Å². The predicted molar refractivity (Wildman–Crippen MR) is 87.7 cm³/mol. The molecule has 2 aromatic carbocycles. The lowest BCUT2D eigenvalue weighted by atomic mass is 10.3. The molecule has 3 aromatic rings. The Morgan fingerprint density at radius 1 is 0.957 bits per heavy atom. The third-order valence-corrected chi connectivity index (χ3v) is 3.10. The van der Waals surface area contributed by atoms with Crippen LogP contribution in [0.15, 0.2) is 66.9 Å². The molecule has 1 aromatic heterocycles. The van der Waals surface area contributed by atoms with Gasteiger partial charge < -0.3 is 10.1 Å². The van der Waals surface area contributed by atoms with E-state index in [1.807, 2.05) is 30.3 Å². The van der Waals surface area contributed by atoms with Gasteiger partial charge in [-0.25, -0.2) is 9.97 Å². The Labute approximate surface area is 134 Å². The third-order valence-electron chi connectivity index (χ3n) is 3.10. The molecule has 0 bridgehead atoms. The fourth-order valence-corrected chi connectivity index (χ4v) is 2.01. The van der Waals surface area contributed by atoms with E-state index >= 15 is 0 Å². The Balaban J connectivity index is 1.67. The highest BCUT2D eigenvalue weighted by molar-refractivity contribution is 6.02. The molecule has 0 atom stereocenters. The molecule has 0 unspecified atom stereocenters. The molecule has 0 spiro atoms. The Morgan fingerprint density at radius 3 is 2.35 bits per heavy atom. The molecule has 0 aliphatic heterocycles. The van der Waals surface area contributed by atoms with Crippen LogP contribution in [0.25, 0.3) is 0 Å². The lowest BCUT2D eigenvalue weighted by molar-refractivity contribution is 0.102. The molecule has 0 saturated carbocycles. The molecule has 23 heavy (non-hydrogen) atoms. The summed E-state index contributed by atoms with van der Waals surface area (Å²) in [6.45, 7) is 1.74. The first-order valence-corrected chi connectivity index (χ1v) is 7.15. The van der Waals surface area contributed by atoms with Crippen molar-refractivity contribution in [2.75, 3.05) is 5.32 Å². The molecule has 0 aliphatic rings. The van der Waals surface area contributed by atoms with Gasteiger partial charge in [-0.2, -0.15) is 0 Å². The van der Waals surface area contributed by atoms with Gasteiger partial charge in [-0.05, 0) is 49.4 Å². The molecular formula is C18H15N3O2. The number of hydrogen-bond acceptors (Lipinski definition) is 4. The highest BCUT2D eigenvalue weighted by atomic mass is 16.5. The van der Waals surface area contributed by atoms with Crippen molar-refractivity contribution in [2.24, 2.45) is 0 Å². The van der Waals surface area contributed by atoms with Crippen LogP contribution in [0.5, 0.6) is 11.5 Å². The summed E-state index contributed by atoms with van der Waals surface area (Å²) < 4.78 is 5.71. The van der Waals surface area contributed by atoms with Crippen LogP contribution in [0.1, 0.15) is 16.3 Å². The van der Waals surface area contributed by atoms with Gasteiger partial charge >= 0.3 is 0 Å². The fourth-order valence-electron chi connectivity index (χ4n) is 2.01. The van der Waals surface area contributed by atoms with Gasteiger partial charge in [0.2, 0.25) is 0 Å². The fraction of sp³-hybridized carbons (Fsp3) is 0.0556. The van der Waals surface area contributed by atoms with Crippen molar-refractivity contribution in [2.45, 2.75) is 6.92 Å². The van der Waals surface area contributed by atoms with E-state index in [-0.39, 0.29) is 5.91 Å². The maximum Gasteiger partial charge on any atom is 0.274 e. The van der Waals surface area contributed by atoms with Crippen LogP contribution in [-0.2, 0) is 0 Å². The Kier molecular flexibility index (Phi) is 4.29. The zero-order chi connectivity index (χ0) is 16.1. The minimum atomic E-state index is -0.271. The highest BCUT2D eigenvalue weighted by Crippen LogP contribution is 2.22. The van der Waals surface area contributed by atoms with Gasteiger partial charge in [-0.1, -0.05) is 18.2 Å². The number of hydrogen-bond donors (Lipinski definition) is 1. The molecule has 114 valence electrons. The van der Waals surface area contributed by atoms with E-state index in [1.54, 1.807) is 43.5 Å². The van der Waals surface area contributed by atoms with Crippen molar-refractivity contribution in [1.82, 2.24) is 9.97 Å². The molecule has 5 heteroatoms. The van der Waals surface area contributed by atoms with Crippen LogP contribution < -0.4 is 10.1 Å². The van der Waals surface area contributed by atoms with Crippen molar-refractivity contribution < 1.29 is 9.53 Å². The zero-order valence-electron chi connectivity index (χ0n) is 12.6. The molecule has 0 aliphatic carbocycles. The van der Waals surface area contributed by atoms with E-state index in [0.29, 0.717) is 23.0 Å². The second kappa shape index (κ2) is 6.70. The molecule has 0 saturated heterocycles. The second-order valence-electron chi connectivity index (χ2n) is 4.88. The maximum absolute atomic E-state index is 12.1. The lowest BCUT2D eigenvalue weighted by Gasteiger charge is -2.08. The van der Waals surface area contributed by atoms with E-state index in [2.05, 4.69) is 15.3 Å². The molecule has 0 fully saturated rings. The standard InChI is InChI=1S/C18H15N3O2/c1-13-19-12-11-17(20-13)18(22)21-14-7-9-16(10-8-14)23-15-5-3-2-4-6-15/h2-12H,1H3,(H,21,22). The lowest BCUT2D eigenvalue weighted by Crippen LogP contribution is -2.14. The minimum Gasteiger partial charge on any atom is -0.457 e. The molecule has 0 radical (unpaired) electrons. The first-order valence-electron chi connectivity index (χ1n) is 7.15. The summed E-state index contributed by atoms with van der Waals surface area (Å²) in [5.41, 5.74) is 1.01. The number of nitrogens with one attached hydrogen (secondary N) is 1. The number of anilines is 1. The summed E-state index contributed by atoms with van der Waals surface area (Å²) in [6.07, 6.45) is 1.56. The van der Waals surface area contributed by atoms with Gasteiger partial charge in [0, 0.05) is 11.9 Å². The van der Waals surface area contributed by atoms with Crippen molar-refractivity contribution in [3.8, 4) is 11.5 Å². The van der Waals surface area contributed by atoms with E-state index in [0.717, 1.165) is 5.75 Å². The minimum absolute atomic E-state index is 0.271. The van der Waals surface area contributed by atoms with Crippen LogP contribution in [0.4, 0.5) is 5.69 Å². The number of nitrogens with zero attached hydrogens (tertiary/aromatic N) is 2. The van der Waals surface area contributed by atoms with Crippen LogP contribution in [0, 0.1) is 6.92 Å². The quantitative estimate of drug-likeness (QED) is 0.795. The Hall–Kier alpha value is -3.21. The second-order valence-corrected chi connectivity index (χ2v) is 4.88. The van der Waals surface area contributed by atoms with Gasteiger partial charge in [0.25, 0.3) is 5.91 Å². The molecular weight excluding hydrogens is 290 g/mol. The molecule has 5 nitrogen and oxygen atoms in total. The summed E-state index contributed by atoms with van der Waals surface area (Å²) >= 11 is 0. The van der Waals surface area contributed by atoms with E-state index < -0.39 is 0 Å². The van der Waals surface area contributed by atoms with E-state index in [9.17, 15) is 4.79 Å². The number of carbonyl (C=O) groups excluding carboxylic acids is 1. The summed E-state index contributed by atoms with van der Waals surface area (Å²) in [5, 5.41) is 2.79. The van der Waals surface area contributed by atoms with Gasteiger partial charge in [0.15, 0.2) is 0 Å². The number of aromatic nitrogens is 2. The van der Waals surface area contributed by atoms with Crippen molar-refractivity contribution in [1.29, 1.82) is 0 Å². The van der Waals surface area contributed by atoms with Gasteiger partial charge in [0.1, 0.15) is 23.0 Å². The van der Waals surface area contributed by atoms with Crippen molar-refractivity contribution >= 4 is 11.6 Å². The maximum atomic E-state index is 12.1. The average Bonchev–Trinajstić information content (AvgIpc) is 2.57. The number of para-hydroxylation sites is 1. The highest BCUT2D eigenvalue weighted by Gasteiger charge is 2.08. The van der Waals surface area contributed by atoms with E-state index in [1.165, 1.54) is 0 Å². The van der Waals surface area contributed by atoms with Crippen LogP contribution in [-0.4, -0.2) is 15.9 Å². The van der Waals surface area contributed by atoms with Gasteiger partial charge in [-0.3, -0.25) is 4.79 Å². The molecule has 1 heterocycles. The van der Waals surface area contributed by atoms with Crippen LogP contribution >= 0.6 is 0 Å². The smallest absolute Gasteiger partial charge is 0.274 e. The molecule has 1 N–H and O–H groups in total. The average molecular weight is 305 g/mol. The SMILES string of the molecule is Cc1nccc(C(=O)Nc2ccc(Oc3ccccc3)cc2)n1.